The first-order valence-corrected chi connectivity index (χ1v) is 8.18. The Balaban J connectivity index is 1.62. The van der Waals surface area contributed by atoms with E-state index in [9.17, 15) is 19.1 Å². The summed E-state index contributed by atoms with van der Waals surface area (Å²) in [6.07, 6.45) is -1.21. The van der Waals surface area contributed by atoms with Gasteiger partial charge in [-0.3, -0.25) is 4.90 Å². The van der Waals surface area contributed by atoms with Gasteiger partial charge >= 0.3 is 0 Å². The SMILES string of the molecule is N#Cc1ccccc1N1CCN(CC(O)c2c(F)cccc2F)CC1. The number of β-amino-alcohol motifs (C(OH)–C–C–N with tert-alkyl or cyclic N) is 1. The van der Waals surface area contributed by atoms with E-state index in [1.807, 2.05) is 23.1 Å². The van der Waals surface area contributed by atoms with Gasteiger partial charge in [0, 0.05) is 32.7 Å². The minimum atomic E-state index is -1.21. The van der Waals surface area contributed by atoms with Crippen molar-refractivity contribution in [1.29, 1.82) is 5.26 Å². The molecule has 1 heterocycles. The third-order valence-electron chi connectivity index (χ3n) is 4.50. The lowest BCUT2D eigenvalue weighted by atomic mass is 10.1. The highest BCUT2D eigenvalue weighted by atomic mass is 19.1. The second kappa shape index (κ2) is 7.60. The number of para-hydroxylation sites is 1. The van der Waals surface area contributed by atoms with E-state index in [-0.39, 0.29) is 12.1 Å². The first-order chi connectivity index (χ1) is 12.1. The van der Waals surface area contributed by atoms with Crippen molar-refractivity contribution >= 4 is 5.69 Å². The summed E-state index contributed by atoms with van der Waals surface area (Å²) < 4.78 is 27.5. The fourth-order valence-electron chi connectivity index (χ4n) is 3.18. The van der Waals surface area contributed by atoms with Crippen LogP contribution in [-0.4, -0.2) is 42.7 Å². The van der Waals surface area contributed by atoms with Gasteiger partial charge in [0.05, 0.1) is 22.9 Å². The number of nitrogens with zero attached hydrogens (tertiary/aromatic N) is 3. The maximum Gasteiger partial charge on any atom is 0.131 e. The topological polar surface area (TPSA) is 50.5 Å². The van der Waals surface area contributed by atoms with Crippen LogP contribution in [0.3, 0.4) is 0 Å². The highest BCUT2D eigenvalue weighted by Gasteiger charge is 2.24. The lowest BCUT2D eigenvalue weighted by Gasteiger charge is -2.37. The zero-order valence-corrected chi connectivity index (χ0v) is 13.7. The molecule has 1 atom stereocenters. The van der Waals surface area contributed by atoms with Crippen LogP contribution in [0, 0.1) is 23.0 Å². The van der Waals surface area contributed by atoms with Gasteiger partial charge in [-0.05, 0) is 24.3 Å². The van der Waals surface area contributed by atoms with Gasteiger partial charge in [-0.15, -0.1) is 0 Å². The fraction of sp³-hybridized carbons (Fsp3) is 0.316. The van der Waals surface area contributed by atoms with Gasteiger partial charge in [0.2, 0.25) is 0 Å². The molecule has 2 aromatic rings. The molecule has 0 saturated carbocycles. The Morgan fingerprint density at radius 1 is 1.00 bits per heavy atom. The molecule has 4 nitrogen and oxygen atoms in total. The Morgan fingerprint density at radius 2 is 1.64 bits per heavy atom. The molecule has 1 aliphatic rings. The zero-order chi connectivity index (χ0) is 17.8. The van der Waals surface area contributed by atoms with Crippen molar-refractivity contribution in [2.45, 2.75) is 6.10 Å². The normalized spacial score (nSPS) is 16.5. The van der Waals surface area contributed by atoms with Crippen LogP contribution in [0.1, 0.15) is 17.2 Å². The summed E-state index contributed by atoms with van der Waals surface area (Å²) in [5, 5.41) is 19.4. The molecule has 0 spiro atoms. The molecule has 0 radical (unpaired) electrons. The summed E-state index contributed by atoms with van der Waals surface area (Å²) in [4.78, 5) is 4.09. The minimum absolute atomic E-state index is 0.172. The van der Waals surface area contributed by atoms with Crippen LogP contribution in [-0.2, 0) is 0 Å². The first-order valence-electron chi connectivity index (χ1n) is 8.18. The van der Waals surface area contributed by atoms with Gasteiger partial charge in [0.25, 0.3) is 0 Å². The first kappa shape index (κ1) is 17.3. The third-order valence-corrected chi connectivity index (χ3v) is 4.50. The Kier molecular flexibility index (Phi) is 5.27. The molecule has 1 saturated heterocycles. The number of halogens is 2. The van der Waals surface area contributed by atoms with Crippen LogP contribution in [0.4, 0.5) is 14.5 Å². The quantitative estimate of drug-likeness (QED) is 0.927. The van der Waals surface area contributed by atoms with Crippen molar-refractivity contribution in [3.8, 4) is 6.07 Å². The maximum atomic E-state index is 13.8. The molecular formula is C19H19F2N3O. The summed E-state index contributed by atoms with van der Waals surface area (Å²) >= 11 is 0. The number of rotatable bonds is 4. The molecule has 1 unspecified atom stereocenters. The summed E-state index contributed by atoms with van der Waals surface area (Å²) in [6.45, 7) is 2.84. The van der Waals surface area contributed by atoms with Crippen LogP contribution in [0.15, 0.2) is 42.5 Å². The highest BCUT2D eigenvalue weighted by Crippen LogP contribution is 2.24. The highest BCUT2D eigenvalue weighted by molar-refractivity contribution is 5.59. The lowest BCUT2D eigenvalue weighted by molar-refractivity contribution is 0.103. The molecule has 130 valence electrons. The molecule has 0 aromatic heterocycles. The van der Waals surface area contributed by atoms with Crippen molar-refractivity contribution < 1.29 is 13.9 Å². The standard InChI is InChI=1S/C19H19F2N3O/c20-15-5-3-6-16(21)19(15)18(25)13-23-8-10-24(11-9-23)17-7-2-1-4-14(17)12-22/h1-7,18,25H,8-11,13H2. The third kappa shape index (κ3) is 3.78. The van der Waals surface area contributed by atoms with E-state index in [0.717, 1.165) is 17.8 Å². The smallest absolute Gasteiger partial charge is 0.131 e. The van der Waals surface area contributed by atoms with Crippen LogP contribution >= 0.6 is 0 Å². The van der Waals surface area contributed by atoms with Crippen molar-refractivity contribution in [2.24, 2.45) is 0 Å². The minimum Gasteiger partial charge on any atom is -0.387 e. The van der Waals surface area contributed by atoms with Crippen LogP contribution in [0.25, 0.3) is 0 Å². The average Bonchev–Trinajstić information content (AvgIpc) is 2.62. The Hall–Kier alpha value is -2.49. The van der Waals surface area contributed by atoms with Gasteiger partial charge in [-0.1, -0.05) is 18.2 Å². The molecule has 2 aromatic carbocycles. The summed E-state index contributed by atoms with van der Waals surface area (Å²) in [5.41, 5.74) is 1.24. The van der Waals surface area contributed by atoms with Crippen molar-refractivity contribution in [3.63, 3.8) is 0 Å². The summed E-state index contributed by atoms with van der Waals surface area (Å²) in [7, 11) is 0. The molecule has 0 aliphatic carbocycles. The second-order valence-electron chi connectivity index (χ2n) is 6.07. The number of aliphatic hydroxyl groups excluding tert-OH is 1. The second-order valence-corrected chi connectivity index (χ2v) is 6.07. The van der Waals surface area contributed by atoms with Gasteiger partial charge in [0.1, 0.15) is 17.7 Å². The van der Waals surface area contributed by atoms with Crippen LogP contribution in [0.2, 0.25) is 0 Å². The number of benzene rings is 2. The molecular weight excluding hydrogens is 324 g/mol. The number of piperazine rings is 1. The molecule has 1 aliphatic heterocycles. The molecule has 1 fully saturated rings. The van der Waals surface area contributed by atoms with Crippen molar-refractivity contribution in [3.05, 3.63) is 65.2 Å². The fourth-order valence-corrected chi connectivity index (χ4v) is 3.18. The van der Waals surface area contributed by atoms with E-state index in [1.54, 1.807) is 6.07 Å². The monoisotopic (exact) mass is 343 g/mol. The van der Waals surface area contributed by atoms with E-state index < -0.39 is 17.7 Å². The number of hydrogen-bond acceptors (Lipinski definition) is 4. The average molecular weight is 343 g/mol. The molecule has 1 N–H and O–H groups in total. The maximum absolute atomic E-state index is 13.8. The molecule has 6 heteroatoms. The van der Waals surface area contributed by atoms with Gasteiger partial charge in [-0.2, -0.15) is 5.26 Å². The van der Waals surface area contributed by atoms with Crippen molar-refractivity contribution in [2.75, 3.05) is 37.6 Å². The number of anilines is 1. The predicted molar refractivity (Wildman–Crippen MR) is 91.1 cm³/mol. The van der Waals surface area contributed by atoms with E-state index >= 15 is 0 Å². The van der Waals surface area contributed by atoms with Crippen LogP contribution in [0.5, 0.6) is 0 Å². The van der Waals surface area contributed by atoms with Crippen LogP contribution < -0.4 is 4.90 Å². The number of aliphatic hydroxyl groups is 1. The molecule has 25 heavy (non-hydrogen) atoms. The lowest BCUT2D eigenvalue weighted by Crippen LogP contribution is -2.47. The van der Waals surface area contributed by atoms with Gasteiger partial charge in [-0.25, -0.2) is 8.78 Å². The van der Waals surface area contributed by atoms with E-state index in [4.69, 9.17) is 0 Å². The van der Waals surface area contributed by atoms with E-state index in [2.05, 4.69) is 11.0 Å². The predicted octanol–water partition coefficient (Wildman–Crippen LogP) is 2.69. The van der Waals surface area contributed by atoms with Crippen molar-refractivity contribution in [1.82, 2.24) is 4.90 Å². The van der Waals surface area contributed by atoms with Gasteiger partial charge in [0.15, 0.2) is 0 Å². The number of nitriles is 1. The molecule has 0 bridgehead atoms. The summed E-state index contributed by atoms with van der Waals surface area (Å²) in [5.74, 6) is -1.46. The Labute approximate surface area is 145 Å². The van der Waals surface area contributed by atoms with E-state index in [0.29, 0.717) is 31.7 Å². The molecule has 3 rings (SSSR count). The largest absolute Gasteiger partial charge is 0.387 e. The Morgan fingerprint density at radius 3 is 2.28 bits per heavy atom. The van der Waals surface area contributed by atoms with E-state index in [1.165, 1.54) is 6.07 Å². The van der Waals surface area contributed by atoms with Gasteiger partial charge < -0.3 is 10.0 Å². The summed E-state index contributed by atoms with van der Waals surface area (Å²) in [6, 6.07) is 13.2. The Bertz CT molecular complexity index is 762. The zero-order valence-electron chi connectivity index (χ0n) is 13.7. The molecule has 0 amide bonds. The number of hydrogen-bond donors (Lipinski definition) is 1.